The molecule has 0 atom stereocenters. The molecule has 2 aromatic heterocycles. The van der Waals surface area contributed by atoms with Crippen molar-refractivity contribution in [1.82, 2.24) is 9.97 Å². The van der Waals surface area contributed by atoms with Gasteiger partial charge in [-0.15, -0.1) is 17.9 Å². The summed E-state index contributed by atoms with van der Waals surface area (Å²) in [5, 5.41) is 22.9. The number of nitrogens with two attached hydrogens (primary N) is 1. The molecule has 0 bridgehead atoms. The fourth-order valence-electron chi connectivity index (χ4n) is 1.71. The molecule has 0 unspecified atom stereocenters. The summed E-state index contributed by atoms with van der Waals surface area (Å²) in [4.78, 5) is 19.3. The van der Waals surface area contributed by atoms with Gasteiger partial charge in [-0.25, -0.2) is 4.98 Å². The van der Waals surface area contributed by atoms with Gasteiger partial charge in [-0.3, -0.25) is 15.5 Å². The monoisotopic (exact) mass is 307 g/mol. The SMILES string of the molecule is C=CCN(c1csc(NC(=N)N)n1)c1[nH]ccc1[N+](=O)[O-]. The number of H-pyrrole nitrogens is 1. The second-order valence-corrected chi connectivity index (χ2v) is 4.78. The maximum absolute atomic E-state index is 11.0. The topological polar surface area (TPSA) is 137 Å². The quantitative estimate of drug-likeness (QED) is 0.212. The minimum atomic E-state index is -0.469. The van der Waals surface area contributed by atoms with Crippen LogP contribution in [-0.2, 0) is 0 Å². The van der Waals surface area contributed by atoms with Crippen LogP contribution in [0.25, 0.3) is 0 Å². The fourth-order valence-corrected chi connectivity index (χ4v) is 2.42. The van der Waals surface area contributed by atoms with Crippen molar-refractivity contribution in [3.8, 4) is 0 Å². The lowest BCUT2D eigenvalue weighted by atomic mass is 10.4. The molecule has 0 aliphatic carbocycles. The number of rotatable bonds is 6. The first-order chi connectivity index (χ1) is 10.0. The number of nitrogens with one attached hydrogen (secondary N) is 3. The number of hydrogen-bond acceptors (Lipinski definition) is 6. The van der Waals surface area contributed by atoms with Crippen LogP contribution < -0.4 is 16.0 Å². The van der Waals surface area contributed by atoms with E-state index in [9.17, 15) is 10.1 Å². The number of hydrogen-bond donors (Lipinski definition) is 4. The molecule has 0 aromatic carbocycles. The average molecular weight is 307 g/mol. The van der Waals surface area contributed by atoms with Gasteiger partial charge in [0.1, 0.15) is 5.82 Å². The summed E-state index contributed by atoms with van der Waals surface area (Å²) in [6, 6.07) is 1.38. The molecular weight excluding hydrogens is 294 g/mol. The largest absolute Gasteiger partial charge is 0.370 e. The highest BCUT2D eigenvalue weighted by atomic mass is 32.1. The van der Waals surface area contributed by atoms with Crippen LogP contribution in [0.2, 0.25) is 0 Å². The van der Waals surface area contributed by atoms with E-state index in [0.29, 0.717) is 23.3 Å². The number of anilines is 3. The molecule has 0 spiro atoms. The first-order valence-electron chi connectivity index (χ1n) is 5.79. The zero-order valence-corrected chi connectivity index (χ0v) is 11.7. The summed E-state index contributed by atoms with van der Waals surface area (Å²) in [5.41, 5.74) is 5.19. The fraction of sp³-hybridized carbons (Fsp3) is 0.0909. The van der Waals surface area contributed by atoms with E-state index in [1.54, 1.807) is 16.4 Å². The molecular formula is C11H13N7O2S. The van der Waals surface area contributed by atoms with Gasteiger partial charge in [0.05, 0.1) is 4.92 Å². The second-order valence-electron chi connectivity index (χ2n) is 3.92. The zero-order valence-electron chi connectivity index (χ0n) is 10.9. The van der Waals surface area contributed by atoms with Crippen molar-refractivity contribution in [3.05, 3.63) is 40.4 Å². The van der Waals surface area contributed by atoms with E-state index in [1.807, 2.05) is 0 Å². The van der Waals surface area contributed by atoms with Gasteiger partial charge in [0.15, 0.2) is 16.9 Å². The van der Waals surface area contributed by atoms with Gasteiger partial charge in [-0.2, -0.15) is 0 Å². The standard InChI is InChI=1S/C11H13N7O2S/c1-2-5-17(9-7(18(19)20)3-4-14-9)8-6-21-11(15-8)16-10(12)13/h2-4,6,14H,1,5H2,(H4,12,13,15,16). The number of nitrogens with zero attached hydrogens (tertiary/aromatic N) is 3. The Morgan fingerprint density at radius 2 is 2.52 bits per heavy atom. The molecule has 0 saturated carbocycles. The smallest absolute Gasteiger partial charge is 0.311 e. The van der Waals surface area contributed by atoms with Crippen molar-refractivity contribution in [2.24, 2.45) is 5.73 Å². The Hall–Kier alpha value is -2.88. The number of aromatic nitrogens is 2. The highest BCUT2D eigenvalue weighted by molar-refractivity contribution is 7.14. The van der Waals surface area contributed by atoms with Crippen LogP contribution >= 0.6 is 11.3 Å². The van der Waals surface area contributed by atoms with Gasteiger partial charge >= 0.3 is 5.69 Å². The van der Waals surface area contributed by atoms with E-state index >= 15 is 0 Å². The molecule has 9 nitrogen and oxygen atoms in total. The van der Waals surface area contributed by atoms with Gasteiger partial charge in [0, 0.05) is 24.2 Å². The molecule has 21 heavy (non-hydrogen) atoms. The summed E-state index contributed by atoms with van der Waals surface area (Å²) < 4.78 is 0. The summed E-state index contributed by atoms with van der Waals surface area (Å²) in [7, 11) is 0. The van der Waals surface area contributed by atoms with E-state index in [1.165, 1.54) is 23.6 Å². The Kier molecular flexibility index (Phi) is 4.18. The van der Waals surface area contributed by atoms with Crippen LogP contribution in [0.15, 0.2) is 30.3 Å². The van der Waals surface area contributed by atoms with Crippen LogP contribution in [0.1, 0.15) is 0 Å². The lowest BCUT2D eigenvalue weighted by Gasteiger charge is -2.18. The van der Waals surface area contributed by atoms with Crippen LogP contribution in [0.3, 0.4) is 0 Å². The van der Waals surface area contributed by atoms with Crippen LogP contribution in [0.5, 0.6) is 0 Å². The molecule has 2 aromatic rings. The highest BCUT2D eigenvalue weighted by Gasteiger charge is 2.23. The Bertz CT molecular complexity index is 678. The molecule has 0 radical (unpaired) electrons. The summed E-state index contributed by atoms with van der Waals surface area (Å²) in [5.74, 6) is 0.589. The summed E-state index contributed by atoms with van der Waals surface area (Å²) in [6.45, 7) is 3.98. The van der Waals surface area contributed by atoms with Gasteiger partial charge in [-0.1, -0.05) is 6.08 Å². The maximum atomic E-state index is 11.0. The number of aromatic amines is 1. The van der Waals surface area contributed by atoms with Crippen molar-refractivity contribution >= 4 is 39.8 Å². The van der Waals surface area contributed by atoms with Gasteiger partial charge in [0.25, 0.3) is 0 Å². The van der Waals surface area contributed by atoms with E-state index in [2.05, 4.69) is 21.9 Å². The Balaban J connectivity index is 2.36. The Labute approximate surface area is 123 Å². The summed E-state index contributed by atoms with van der Waals surface area (Å²) in [6.07, 6.45) is 3.10. The third kappa shape index (κ3) is 3.17. The normalized spacial score (nSPS) is 10.1. The van der Waals surface area contributed by atoms with E-state index in [-0.39, 0.29) is 11.6 Å². The van der Waals surface area contributed by atoms with Crippen LogP contribution in [0, 0.1) is 15.5 Å². The molecule has 0 aliphatic rings. The first-order valence-corrected chi connectivity index (χ1v) is 6.67. The number of guanidine groups is 1. The van der Waals surface area contributed by atoms with Crippen LogP contribution in [-0.4, -0.2) is 27.4 Å². The van der Waals surface area contributed by atoms with Gasteiger partial charge in [0.2, 0.25) is 0 Å². The van der Waals surface area contributed by atoms with Crippen molar-refractivity contribution in [1.29, 1.82) is 5.41 Å². The van der Waals surface area contributed by atoms with Crippen LogP contribution in [0.4, 0.5) is 22.5 Å². The number of thiazole rings is 1. The lowest BCUT2D eigenvalue weighted by Crippen LogP contribution is -2.21. The van der Waals surface area contributed by atoms with E-state index in [4.69, 9.17) is 11.1 Å². The van der Waals surface area contributed by atoms with Crippen molar-refractivity contribution in [2.75, 3.05) is 16.8 Å². The van der Waals surface area contributed by atoms with E-state index in [0.717, 1.165) is 0 Å². The molecule has 0 fully saturated rings. The van der Waals surface area contributed by atoms with Crippen molar-refractivity contribution in [2.45, 2.75) is 0 Å². The minimum absolute atomic E-state index is 0.0501. The number of nitro groups is 1. The van der Waals surface area contributed by atoms with Gasteiger partial charge in [-0.05, 0) is 0 Å². The highest BCUT2D eigenvalue weighted by Crippen LogP contribution is 2.33. The third-order valence-electron chi connectivity index (χ3n) is 2.49. The molecule has 2 heterocycles. The van der Waals surface area contributed by atoms with Crippen molar-refractivity contribution in [3.63, 3.8) is 0 Å². The Morgan fingerprint density at radius 1 is 1.76 bits per heavy atom. The predicted molar refractivity (Wildman–Crippen MR) is 82.3 cm³/mol. The summed E-state index contributed by atoms with van der Waals surface area (Å²) >= 11 is 1.24. The Morgan fingerprint density at radius 3 is 3.14 bits per heavy atom. The molecule has 110 valence electrons. The van der Waals surface area contributed by atoms with E-state index < -0.39 is 4.92 Å². The molecule has 2 rings (SSSR count). The second kappa shape index (κ2) is 6.05. The lowest BCUT2D eigenvalue weighted by molar-refractivity contribution is -0.383. The molecule has 0 aliphatic heterocycles. The minimum Gasteiger partial charge on any atom is -0.370 e. The first kappa shape index (κ1) is 14.5. The van der Waals surface area contributed by atoms with Gasteiger partial charge < -0.3 is 20.9 Å². The average Bonchev–Trinajstić information content (AvgIpc) is 3.04. The molecule has 0 amide bonds. The predicted octanol–water partition coefficient (Wildman–Crippen LogP) is 2.01. The third-order valence-corrected chi connectivity index (χ3v) is 3.24. The van der Waals surface area contributed by atoms with Crippen molar-refractivity contribution < 1.29 is 4.92 Å². The molecule has 0 saturated heterocycles. The molecule has 10 heteroatoms. The maximum Gasteiger partial charge on any atom is 0.311 e. The zero-order chi connectivity index (χ0) is 15.4. The molecule has 5 N–H and O–H groups in total.